The third-order valence-corrected chi connectivity index (χ3v) is 4.13. The number of benzene rings is 2. The van der Waals surface area contributed by atoms with E-state index < -0.39 is 5.54 Å². The molecule has 0 aromatic heterocycles. The molecular weight excluding hydrogens is 283 g/mol. The van der Waals surface area contributed by atoms with Gasteiger partial charge in [-0.25, -0.2) is 0 Å². The topological polar surface area (TPSA) is 55.1 Å². The van der Waals surface area contributed by atoms with Gasteiger partial charge in [0, 0.05) is 11.3 Å². The molecule has 0 saturated carbocycles. The van der Waals surface area contributed by atoms with Crippen molar-refractivity contribution >= 4 is 34.8 Å². The van der Waals surface area contributed by atoms with Gasteiger partial charge in [-0.3, -0.25) is 4.79 Å². The Hall–Kier alpha value is -1.55. The molecule has 0 spiro atoms. The maximum atomic E-state index is 12.3. The standard InChI is InChI=1S/C14H10Cl2N2O/c15-9-6-7-10-11(12(9)16)14(17,13(19)18-10)8-4-2-1-3-5-8/h1-7H,17H2,(H,18,19). The first-order valence-electron chi connectivity index (χ1n) is 5.69. The smallest absolute Gasteiger partial charge is 0.253 e. The van der Waals surface area contributed by atoms with Crippen LogP contribution in [0.5, 0.6) is 0 Å². The Bertz CT molecular complexity index is 673. The average Bonchev–Trinajstić information content (AvgIpc) is 2.69. The highest BCUT2D eigenvalue weighted by Gasteiger charge is 2.46. The molecule has 1 amide bonds. The Balaban J connectivity index is 2.31. The van der Waals surface area contributed by atoms with Gasteiger partial charge in [-0.2, -0.15) is 0 Å². The maximum Gasteiger partial charge on any atom is 0.253 e. The van der Waals surface area contributed by atoms with Gasteiger partial charge in [-0.15, -0.1) is 0 Å². The molecule has 1 unspecified atom stereocenters. The Kier molecular flexibility index (Phi) is 2.78. The average molecular weight is 293 g/mol. The summed E-state index contributed by atoms with van der Waals surface area (Å²) in [6.07, 6.45) is 0. The molecule has 0 bridgehead atoms. The van der Waals surface area contributed by atoms with Gasteiger partial charge in [-0.05, 0) is 17.7 Å². The van der Waals surface area contributed by atoms with Crippen LogP contribution in [0, 0.1) is 0 Å². The van der Waals surface area contributed by atoms with Crippen LogP contribution in [0.15, 0.2) is 42.5 Å². The van der Waals surface area contributed by atoms with Gasteiger partial charge in [0.1, 0.15) is 0 Å². The van der Waals surface area contributed by atoms with Crippen LogP contribution in [0.25, 0.3) is 0 Å². The lowest BCUT2D eigenvalue weighted by molar-refractivity contribution is -0.119. The number of nitrogens with two attached hydrogens (primary N) is 1. The second kappa shape index (κ2) is 4.23. The van der Waals surface area contributed by atoms with E-state index in [0.29, 0.717) is 26.9 Å². The van der Waals surface area contributed by atoms with Crippen molar-refractivity contribution < 1.29 is 4.79 Å². The molecular formula is C14H10Cl2N2O. The van der Waals surface area contributed by atoms with Gasteiger partial charge in [-0.1, -0.05) is 53.5 Å². The summed E-state index contributed by atoms with van der Waals surface area (Å²) in [5.41, 5.74) is 6.85. The number of carbonyl (C=O) groups is 1. The molecule has 3 N–H and O–H groups in total. The Morgan fingerprint density at radius 3 is 2.42 bits per heavy atom. The molecule has 1 aliphatic heterocycles. The van der Waals surface area contributed by atoms with Crippen LogP contribution in [0.2, 0.25) is 10.0 Å². The van der Waals surface area contributed by atoms with Crippen molar-refractivity contribution in [1.82, 2.24) is 0 Å². The lowest BCUT2D eigenvalue weighted by Gasteiger charge is -2.23. The molecule has 0 radical (unpaired) electrons. The third kappa shape index (κ3) is 1.66. The second-order valence-corrected chi connectivity index (χ2v) is 5.20. The third-order valence-electron chi connectivity index (χ3n) is 3.32. The van der Waals surface area contributed by atoms with Crippen LogP contribution >= 0.6 is 23.2 Å². The van der Waals surface area contributed by atoms with Gasteiger partial charge in [0.15, 0.2) is 5.54 Å². The van der Waals surface area contributed by atoms with Gasteiger partial charge in [0.05, 0.1) is 10.0 Å². The summed E-state index contributed by atoms with van der Waals surface area (Å²) in [5, 5.41) is 3.43. The number of nitrogens with one attached hydrogen (secondary N) is 1. The van der Waals surface area contributed by atoms with E-state index in [9.17, 15) is 4.79 Å². The molecule has 2 aromatic carbocycles. The fourth-order valence-corrected chi connectivity index (χ4v) is 2.82. The molecule has 96 valence electrons. The van der Waals surface area contributed by atoms with Crippen molar-refractivity contribution in [3.05, 3.63) is 63.6 Å². The van der Waals surface area contributed by atoms with Crippen LogP contribution in [0.4, 0.5) is 5.69 Å². The highest BCUT2D eigenvalue weighted by molar-refractivity contribution is 6.43. The Labute approximate surface area is 120 Å². The number of hydrogen-bond donors (Lipinski definition) is 2. The maximum absolute atomic E-state index is 12.3. The quantitative estimate of drug-likeness (QED) is 0.848. The van der Waals surface area contributed by atoms with E-state index in [1.165, 1.54) is 0 Å². The lowest BCUT2D eigenvalue weighted by Crippen LogP contribution is -2.44. The summed E-state index contributed by atoms with van der Waals surface area (Å²) in [4.78, 5) is 12.3. The zero-order valence-corrected chi connectivity index (χ0v) is 11.3. The predicted octanol–water partition coefficient (Wildman–Crippen LogP) is 3.15. The molecule has 1 heterocycles. The van der Waals surface area contributed by atoms with Gasteiger partial charge < -0.3 is 11.1 Å². The first-order valence-corrected chi connectivity index (χ1v) is 6.45. The summed E-state index contributed by atoms with van der Waals surface area (Å²) in [7, 11) is 0. The van der Waals surface area contributed by atoms with Gasteiger partial charge in [0.2, 0.25) is 0 Å². The number of halogens is 2. The molecule has 0 saturated heterocycles. The Morgan fingerprint density at radius 1 is 1.05 bits per heavy atom. The molecule has 0 fully saturated rings. The molecule has 1 atom stereocenters. The van der Waals surface area contributed by atoms with Crippen molar-refractivity contribution in [3.8, 4) is 0 Å². The van der Waals surface area contributed by atoms with Crippen LogP contribution < -0.4 is 11.1 Å². The molecule has 19 heavy (non-hydrogen) atoms. The fourth-order valence-electron chi connectivity index (χ4n) is 2.35. The minimum Gasteiger partial charge on any atom is -0.323 e. The molecule has 3 rings (SSSR count). The lowest BCUT2D eigenvalue weighted by atomic mass is 9.85. The van der Waals surface area contributed by atoms with Crippen molar-refractivity contribution in [1.29, 1.82) is 0 Å². The first-order chi connectivity index (χ1) is 9.05. The highest BCUT2D eigenvalue weighted by Crippen LogP contribution is 2.45. The minimum absolute atomic E-state index is 0.308. The summed E-state index contributed by atoms with van der Waals surface area (Å²) in [5.74, 6) is -0.308. The summed E-state index contributed by atoms with van der Waals surface area (Å²) >= 11 is 12.3. The van der Waals surface area contributed by atoms with E-state index >= 15 is 0 Å². The number of carbonyl (C=O) groups excluding carboxylic acids is 1. The number of amides is 1. The zero-order chi connectivity index (χ0) is 13.6. The van der Waals surface area contributed by atoms with E-state index in [0.717, 1.165) is 0 Å². The monoisotopic (exact) mass is 292 g/mol. The first kappa shape index (κ1) is 12.5. The van der Waals surface area contributed by atoms with Crippen LogP contribution in [-0.2, 0) is 10.3 Å². The van der Waals surface area contributed by atoms with E-state index in [1.807, 2.05) is 18.2 Å². The number of anilines is 1. The van der Waals surface area contributed by atoms with Crippen molar-refractivity contribution in [2.75, 3.05) is 5.32 Å². The number of hydrogen-bond acceptors (Lipinski definition) is 2. The van der Waals surface area contributed by atoms with Crippen molar-refractivity contribution in [2.24, 2.45) is 5.73 Å². The van der Waals surface area contributed by atoms with Gasteiger partial charge >= 0.3 is 0 Å². The SMILES string of the molecule is NC1(c2ccccc2)C(=O)Nc2ccc(Cl)c(Cl)c21. The van der Waals surface area contributed by atoms with Crippen molar-refractivity contribution in [3.63, 3.8) is 0 Å². The molecule has 2 aromatic rings. The van der Waals surface area contributed by atoms with Gasteiger partial charge in [0.25, 0.3) is 5.91 Å². The molecule has 5 heteroatoms. The van der Waals surface area contributed by atoms with E-state index in [-0.39, 0.29) is 5.91 Å². The second-order valence-electron chi connectivity index (χ2n) is 4.41. The van der Waals surface area contributed by atoms with Crippen LogP contribution in [0.1, 0.15) is 11.1 Å². The normalized spacial score (nSPS) is 21.1. The summed E-state index contributed by atoms with van der Waals surface area (Å²) in [6, 6.07) is 12.5. The molecule has 1 aliphatic rings. The van der Waals surface area contributed by atoms with Crippen molar-refractivity contribution in [2.45, 2.75) is 5.54 Å². The van der Waals surface area contributed by atoms with Crippen LogP contribution in [0.3, 0.4) is 0 Å². The van der Waals surface area contributed by atoms with Crippen LogP contribution in [-0.4, -0.2) is 5.91 Å². The molecule has 0 aliphatic carbocycles. The van der Waals surface area contributed by atoms with E-state index in [4.69, 9.17) is 28.9 Å². The number of fused-ring (bicyclic) bond motifs is 1. The Morgan fingerprint density at radius 2 is 1.74 bits per heavy atom. The summed E-state index contributed by atoms with van der Waals surface area (Å²) < 4.78 is 0. The fraction of sp³-hybridized carbons (Fsp3) is 0.0714. The largest absolute Gasteiger partial charge is 0.323 e. The minimum atomic E-state index is -1.31. The predicted molar refractivity (Wildman–Crippen MR) is 76.5 cm³/mol. The summed E-state index contributed by atoms with van der Waals surface area (Å²) in [6.45, 7) is 0. The molecule has 3 nitrogen and oxygen atoms in total. The number of rotatable bonds is 1. The zero-order valence-electron chi connectivity index (χ0n) is 9.78. The van der Waals surface area contributed by atoms with E-state index in [2.05, 4.69) is 5.32 Å². The van der Waals surface area contributed by atoms with E-state index in [1.54, 1.807) is 24.3 Å². The highest BCUT2D eigenvalue weighted by atomic mass is 35.5.